The predicted molar refractivity (Wildman–Crippen MR) is 289 cm³/mol. The van der Waals surface area contributed by atoms with E-state index in [-0.39, 0.29) is 52.9 Å². The van der Waals surface area contributed by atoms with Crippen LogP contribution in [0.5, 0.6) is 34.5 Å². The minimum atomic E-state index is -1.32. The third-order valence-corrected chi connectivity index (χ3v) is 13.5. The van der Waals surface area contributed by atoms with E-state index in [4.69, 9.17) is 71.1 Å². The van der Waals surface area contributed by atoms with E-state index < -0.39 is 61.3 Å². The third kappa shape index (κ3) is 16.3. The standard InChI is InChI=1S/C60H69N3O16/c1-65-45-19-7-39(8-20-45)31-71-37-51-53(64)55(73-33-41-11-23-47(67-3)24-12-41)58(76-36-44-17-29-50(70-6)30-18-44)60(78-51)79-54-52(38-72-32-40-9-21-46(66-2)22-10-40)77-59(62-63-61)57(75-35-43-15-27-49(69-5)28-16-43)56(54)74-34-42-13-25-48(68-4)26-14-42/h7-30,51-60,64H,31-38H2,1-6H3/t51-,52-,53-,54-,55+,56+,57-,58-,59-,60+/m1/s1. The van der Waals surface area contributed by atoms with Crippen LogP contribution in [0.4, 0.5) is 0 Å². The van der Waals surface area contributed by atoms with Gasteiger partial charge in [-0.1, -0.05) is 77.9 Å². The maximum absolute atomic E-state index is 12.5. The van der Waals surface area contributed by atoms with Crippen molar-refractivity contribution in [3.8, 4) is 34.5 Å². The van der Waals surface area contributed by atoms with Crippen LogP contribution in [-0.2, 0) is 82.3 Å². The lowest BCUT2D eigenvalue weighted by Crippen LogP contribution is -2.65. The van der Waals surface area contributed by atoms with Gasteiger partial charge in [-0.25, -0.2) is 0 Å². The van der Waals surface area contributed by atoms with Crippen molar-refractivity contribution in [2.75, 3.05) is 55.9 Å². The molecule has 0 aliphatic carbocycles. The number of benzene rings is 6. The maximum atomic E-state index is 12.5. The average molecular weight is 1090 g/mol. The molecule has 0 radical (unpaired) electrons. The van der Waals surface area contributed by atoms with Gasteiger partial charge in [0.1, 0.15) is 83.3 Å². The fourth-order valence-electron chi connectivity index (χ4n) is 9.05. The van der Waals surface area contributed by atoms with E-state index in [0.29, 0.717) is 34.5 Å². The summed E-state index contributed by atoms with van der Waals surface area (Å²) in [4.78, 5) is 3.21. The lowest BCUT2D eigenvalue weighted by Gasteiger charge is -2.49. The van der Waals surface area contributed by atoms with Crippen LogP contribution < -0.4 is 28.4 Å². The van der Waals surface area contributed by atoms with Gasteiger partial charge < -0.3 is 76.2 Å². The molecule has 19 heteroatoms. The van der Waals surface area contributed by atoms with Crippen molar-refractivity contribution >= 4 is 0 Å². The average Bonchev–Trinajstić information content (AvgIpc) is 3.54. The molecule has 0 spiro atoms. The van der Waals surface area contributed by atoms with Crippen molar-refractivity contribution in [3.63, 3.8) is 0 Å². The number of nitrogens with zero attached hydrogens (tertiary/aromatic N) is 3. The summed E-state index contributed by atoms with van der Waals surface area (Å²) in [6.07, 6.45) is -11.4. The summed E-state index contributed by atoms with van der Waals surface area (Å²) in [7, 11) is 9.59. The van der Waals surface area contributed by atoms with E-state index >= 15 is 0 Å². The van der Waals surface area contributed by atoms with E-state index in [0.717, 1.165) is 33.4 Å². The minimum Gasteiger partial charge on any atom is -0.497 e. The molecule has 79 heavy (non-hydrogen) atoms. The van der Waals surface area contributed by atoms with Crippen molar-refractivity contribution in [2.45, 2.75) is 101 Å². The first kappa shape index (κ1) is 58.2. The van der Waals surface area contributed by atoms with Gasteiger partial charge in [0, 0.05) is 4.91 Å². The first-order valence-corrected chi connectivity index (χ1v) is 25.8. The summed E-state index contributed by atoms with van der Waals surface area (Å²) >= 11 is 0. The molecular formula is C60H69N3O16. The number of hydrogen-bond acceptors (Lipinski definition) is 17. The van der Waals surface area contributed by atoms with Crippen molar-refractivity contribution in [1.29, 1.82) is 0 Å². The van der Waals surface area contributed by atoms with E-state index in [1.54, 1.807) is 42.7 Å². The SMILES string of the molecule is COc1ccc(COC[C@H]2O[C@@H](O[C@H]3[C@H](OCc4ccc(OC)cc4)[C@@H](OCc4ccc(OC)cc4)[C@H](N=[N+]=[N-])O[C@@H]3COCc3ccc(OC)cc3)[C@H](OCc3ccc(OC)cc3)[C@@H](OCc3ccc(OC)cc3)[C@@H]2O)cc1. The smallest absolute Gasteiger partial charge is 0.187 e. The Labute approximate surface area is 460 Å². The molecule has 2 aliphatic rings. The van der Waals surface area contributed by atoms with Crippen LogP contribution in [0.15, 0.2) is 151 Å². The van der Waals surface area contributed by atoms with Crippen LogP contribution in [0.25, 0.3) is 10.4 Å². The van der Waals surface area contributed by atoms with Gasteiger partial charge in [-0.2, -0.15) is 0 Å². The number of rotatable bonds is 29. The van der Waals surface area contributed by atoms with Gasteiger partial charge in [-0.3, -0.25) is 0 Å². The lowest BCUT2D eigenvalue weighted by molar-refractivity contribution is -0.359. The molecule has 2 heterocycles. The molecule has 0 saturated carbocycles. The highest BCUT2D eigenvalue weighted by Gasteiger charge is 2.54. The molecule has 19 nitrogen and oxygen atoms in total. The molecular weight excluding hydrogens is 1020 g/mol. The fourth-order valence-corrected chi connectivity index (χ4v) is 9.05. The van der Waals surface area contributed by atoms with Gasteiger partial charge in [-0.15, -0.1) is 0 Å². The zero-order chi connectivity index (χ0) is 55.3. The van der Waals surface area contributed by atoms with Crippen LogP contribution in [0.3, 0.4) is 0 Å². The minimum absolute atomic E-state index is 0.0468. The van der Waals surface area contributed by atoms with Gasteiger partial charge in [0.25, 0.3) is 0 Å². The molecule has 2 saturated heterocycles. The molecule has 6 aromatic rings. The Morgan fingerprint density at radius 1 is 0.392 bits per heavy atom. The Hall–Kier alpha value is -6.97. The number of ether oxygens (including phenoxy) is 15. The molecule has 0 amide bonds. The van der Waals surface area contributed by atoms with Crippen LogP contribution in [0.1, 0.15) is 33.4 Å². The van der Waals surface area contributed by atoms with Crippen molar-refractivity contribution in [3.05, 3.63) is 189 Å². The molecule has 0 bridgehead atoms. The highest BCUT2D eigenvalue weighted by atomic mass is 16.7. The molecule has 1 N–H and O–H groups in total. The highest BCUT2D eigenvalue weighted by molar-refractivity contribution is 5.31. The highest BCUT2D eigenvalue weighted by Crippen LogP contribution is 2.37. The lowest BCUT2D eigenvalue weighted by atomic mass is 9.95. The molecule has 420 valence electrons. The summed E-state index contributed by atoms with van der Waals surface area (Å²) in [6.45, 7) is 0.416. The normalized spacial score (nSPS) is 22.8. The van der Waals surface area contributed by atoms with E-state index in [2.05, 4.69) is 10.0 Å². The topological polar surface area (TPSA) is 207 Å². The Morgan fingerprint density at radius 2 is 0.709 bits per heavy atom. The van der Waals surface area contributed by atoms with Crippen molar-refractivity contribution < 1.29 is 76.2 Å². The molecule has 2 aliphatic heterocycles. The zero-order valence-corrected chi connectivity index (χ0v) is 45.2. The van der Waals surface area contributed by atoms with Crippen LogP contribution in [0, 0.1) is 0 Å². The Morgan fingerprint density at radius 3 is 1.06 bits per heavy atom. The number of hydrogen-bond donors (Lipinski definition) is 1. The second-order valence-electron chi connectivity index (χ2n) is 18.6. The van der Waals surface area contributed by atoms with Crippen molar-refractivity contribution in [1.82, 2.24) is 0 Å². The molecule has 8 rings (SSSR count). The summed E-state index contributed by atoms with van der Waals surface area (Å²) in [6, 6.07) is 44.7. The first-order chi connectivity index (χ1) is 38.7. The molecule has 6 aromatic carbocycles. The first-order valence-electron chi connectivity index (χ1n) is 25.8. The monoisotopic (exact) mass is 1090 g/mol. The largest absolute Gasteiger partial charge is 0.497 e. The van der Waals surface area contributed by atoms with Gasteiger partial charge >= 0.3 is 0 Å². The Balaban J connectivity index is 1.19. The third-order valence-electron chi connectivity index (χ3n) is 13.5. The maximum Gasteiger partial charge on any atom is 0.187 e. The number of aliphatic hydroxyl groups is 1. The zero-order valence-electron chi connectivity index (χ0n) is 45.2. The van der Waals surface area contributed by atoms with E-state index in [1.807, 2.05) is 146 Å². The van der Waals surface area contributed by atoms with Crippen LogP contribution in [0.2, 0.25) is 0 Å². The van der Waals surface area contributed by atoms with Gasteiger partial charge in [0.05, 0.1) is 95.5 Å². The van der Waals surface area contributed by atoms with Gasteiger partial charge in [-0.05, 0) is 112 Å². The molecule has 0 aromatic heterocycles. The fraction of sp³-hybridized carbons (Fsp3) is 0.400. The Bertz CT molecular complexity index is 2770. The summed E-state index contributed by atoms with van der Waals surface area (Å²) < 4.78 is 93.5. The van der Waals surface area contributed by atoms with Crippen molar-refractivity contribution in [2.24, 2.45) is 5.11 Å². The van der Waals surface area contributed by atoms with Gasteiger partial charge in [0.2, 0.25) is 0 Å². The predicted octanol–water partition coefficient (Wildman–Crippen LogP) is 9.32. The summed E-state index contributed by atoms with van der Waals surface area (Å²) in [5.41, 5.74) is 15.0. The number of azide groups is 1. The number of aliphatic hydroxyl groups excluding tert-OH is 1. The second kappa shape index (κ2) is 29.8. The van der Waals surface area contributed by atoms with E-state index in [9.17, 15) is 10.6 Å². The van der Waals surface area contributed by atoms with Gasteiger partial charge in [0.15, 0.2) is 12.5 Å². The molecule has 10 atom stereocenters. The Kier molecular flexibility index (Phi) is 22.0. The van der Waals surface area contributed by atoms with Crippen LogP contribution in [-0.4, -0.2) is 122 Å². The summed E-state index contributed by atoms with van der Waals surface area (Å²) in [5, 5.41) is 16.6. The molecule has 0 unspecified atom stereocenters. The quantitative estimate of drug-likeness (QED) is 0.0264. The number of methoxy groups -OCH3 is 6. The molecule has 2 fully saturated rings. The van der Waals surface area contributed by atoms with E-state index in [1.165, 1.54) is 0 Å². The summed E-state index contributed by atoms with van der Waals surface area (Å²) in [5.74, 6) is 4.07. The van der Waals surface area contributed by atoms with Crippen LogP contribution >= 0.6 is 0 Å². The second-order valence-corrected chi connectivity index (χ2v) is 18.6.